The van der Waals surface area contributed by atoms with Gasteiger partial charge in [-0.3, -0.25) is 4.79 Å². The molecule has 0 spiro atoms. The van der Waals surface area contributed by atoms with Gasteiger partial charge in [-0.2, -0.15) is 0 Å². The molecule has 2 N–H and O–H groups in total. The highest BCUT2D eigenvalue weighted by molar-refractivity contribution is 6.00. The lowest BCUT2D eigenvalue weighted by molar-refractivity contribution is 0.0613. The van der Waals surface area contributed by atoms with Gasteiger partial charge in [0.1, 0.15) is 0 Å². The van der Waals surface area contributed by atoms with E-state index in [1.807, 2.05) is 29.2 Å². The van der Waals surface area contributed by atoms with Crippen molar-refractivity contribution in [3.63, 3.8) is 0 Å². The van der Waals surface area contributed by atoms with Gasteiger partial charge in [0.25, 0.3) is 5.91 Å². The van der Waals surface area contributed by atoms with Crippen LogP contribution in [0, 0.1) is 0 Å². The standard InChI is InChI=1S/C17H20N4O/c1-12-7-8-13(18)11-21(12)17(22)15-6-3-2-5-14(15)16-19-9-4-10-20-16/h2-6,9-10,12-13H,7-8,11,18H2,1H3/t12-,13-/m1/s1. The molecule has 0 bridgehead atoms. The minimum Gasteiger partial charge on any atom is -0.334 e. The lowest BCUT2D eigenvalue weighted by atomic mass is 9.97. The Kier molecular flexibility index (Phi) is 4.15. The third-order valence-electron chi connectivity index (χ3n) is 4.14. The highest BCUT2D eigenvalue weighted by atomic mass is 16.2. The van der Waals surface area contributed by atoms with E-state index in [4.69, 9.17) is 5.73 Å². The molecule has 1 aliphatic heterocycles. The average molecular weight is 296 g/mol. The van der Waals surface area contributed by atoms with Crippen molar-refractivity contribution in [1.29, 1.82) is 0 Å². The van der Waals surface area contributed by atoms with Crippen LogP contribution < -0.4 is 5.73 Å². The summed E-state index contributed by atoms with van der Waals surface area (Å²) in [6.45, 7) is 2.68. The van der Waals surface area contributed by atoms with Crippen LogP contribution in [0.4, 0.5) is 0 Å². The van der Waals surface area contributed by atoms with E-state index in [2.05, 4.69) is 16.9 Å². The molecule has 0 aliphatic carbocycles. The summed E-state index contributed by atoms with van der Waals surface area (Å²) in [7, 11) is 0. The Morgan fingerprint density at radius 1 is 1.18 bits per heavy atom. The smallest absolute Gasteiger partial charge is 0.254 e. The van der Waals surface area contributed by atoms with Gasteiger partial charge in [-0.1, -0.05) is 18.2 Å². The van der Waals surface area contributed by atoms with E-state index in [1.54, 1.807) is 18.5 Å². The molecule has 0 radical (unpaired) electrons. The van der Waals surface area contributed by atoms with Gasteiger partial charge in [-0.15, -0.1) is 0 Å². The van der Waals surface area contributed by atoms with Crippen LogP contribution in [0.2, 0.25) is 0 Å². The van der Waals surface area contributed by atoms with Gasteiger partial charge < -0.3 is 10.6 Å². The second-order valence-corrected chi connectivity index (χ2v) is 5.76. The molecule has 22 heavy (non-hydrogen) atoms. The first kappa shape index (κ1) is 14.7. The van der Waals surface area contributed by atoms with E-state index < -0.39 is 0 Å². The van der Waals surface area contributed by atoms with Gasteiger partial charge >= 0.3 is 0 Å². The van der Waals surface area contributed by atoms with Gasteiger partial charge in [0.15, 0.2) is 5.82 Å². The number of rotatable bonds is 2. The van der Waals surface area contributed by atoms with E-state index >= 15 is 0 Å². The maximum atomic E-state index is 13.0. The summed E-state index contributed by atoms with van der Waals surface area (Å²) >= 11 is 0. The molecule has 1 fully saturated rings. The Bertz CT molecular complexity index is 659. The fourth-order valence-electron chi connectivity index (χ4n) is 2.88. The number of benzene rings is 1. The first-order chi connectivity index (χ1) is 10.7. The summed E-state index contributed by atoms with van der Waals surface area (Å²) in [4.78, 5) is 23.4. The number of carbonyl (C=O) groups excluding carboxylic acids is 1. The van der Waals surface area contributed by atoms with Crippen LogP contribution >= 0.6 is 0 Å². The van der Waals surface area contributed by atoms with Crippen LogP contribution in [0.25, 0.3) is 11.4 Å². The van der Waals surface area contributed by atoms with Crippen LogP contribution in [0.3, 0.4) is 0 Å². The summed E-state index contributed by atoms with van der Waals surface area (Å²) in [5.41, 5.74) is 7.43. The van der Waals surface area contributed by atoms with Crippen molar-refractivity contribution in [2.75, 3.05) is 6.54 Å². The highest BCUT2D eigenvalue weighted by Crippen LogP contribution is 2.24. The Morgan fingerprint density at radius 3 is 2.68 bits per heavy atom. The van der Waals surface area contributed by atoms with Gasteiger partial charge in [-0.05, 0) is 31.9 Å². The minimum absolute atomic E-state index is 0.00528. The molecule has 5 heteroatoms. The first-order valence-corrected chi connectivity index (χ1v) is 7.60. The van der Waals surface area contributed by atoms with Gasteiger partial charge in [0.2, 0.25) is 0 Å². The van der Waals surface area contributed by atoms with E-state index in [0.717, 1.165) is 18.4 Å². The maximum Gasteiger partial charge on any atom is 0.254 e. The zero-order valence-electron chi connectivity index (χ0n) is 12.6. The van der Waals surface area contributed by atoms with Crippen LogP contribution in [0.5, 0.6) is 0 Å². The molecule has 1 aromatic carbocycles. The van der Waals surface area contributed by atoms with Crippen molar-refractivity contribution in [2.45, 2.75) is 31.8 Å². The molecule has 114 valence electrons. The zero-order chi connectivity index (χ0) is 15.5. The van der Waals surface area contributed by atoms with Gasteiger partial charge in [-0.25, -0.2) is 9.97 Å². The van der Waals surface area contributed by atoms with Crippen LogP contribution in [0.15, 0.2) is 42.7 Å². The molecular weight excluding hydrogens is 276 g/mol. The van der Waals surface area contributed by atoms with E-state index in [9.17, 15) is 4.79 Å². The second-order valence-electron chi connectivity index (χ2n) is 5.76. The Labute approximate surface area is 130 Å². The van der Waals surface area contributed by atoms with Crippen LogP contribution in [0.1, 0.15) is 30.1 Å². The Hall–Kier alpha value is -2.27. The number of piperidine rings is 1. The molecule has 0 saturated carbocycles. The predicted octanol–water partition coefficient (Wildman–Crippen LogP) is 2.10. The van der Waals surface area contributed by atoms with Crippen LogP contribution in [-0.2, 0) is 0 Å². The largest absolute Gasteiger partial charge is 0.334 e. The lowest BCUT2D eigenvalue weighted by Gasteiger charge is -2.37. The molecule has 5 nitrogen and oxygen atoms in total. The number of carbonyl (C=O) groups is 1. The third-order valence-corrected chi connectivity index (χ3v) is 4.14. The molecule has 1 aromatic heterocycles. The number of aromatic nitrogens is 2. The lowest BCUT2D eigenvalue weighted by Crippen LogP contribution is -2.50. The molecule has 2 heterocycles. The molecule has 2 aromatic rings. The summed E-state index contributed by atoms with van der Waals surface area (Å²) in [6.07, 6.45) is 5.28. The Morgan fingerprint density at radius 2 is 1.91 bits per heavy atom. The topological polar surface area (TPSA) is 72.1 Å². The predicted molar refractivity (Wildman–Crippen MR) is 85.2 cm³/mol. The normalized spacial score (nSPS) is 21.6. The van der Waals surface area contributed by atoms with Crippen molar-refractivity contribution in [1.82, 2.24) is 14.9 Å². The summed E-state index contributed by atoms with van der Waals surface area (Å²) in [6, 6.07) is 9.51. The number of likely N-dealkylation sites (tertiary alicyclic amines) is 1. The average Bonchev–Trinajstić information content (AvgIpc) is 2.57. The molecule has 2 atom stereocenters. The fraction of sp³-hybridized carbons (Fsp3) is 0.353. The molecule has 3 rings (SSSR count). The number of nitrogens with two attached hydrogens (primary N) is 1. The summed E-state index contributed by atoms with van der Waals surface area (Å²) in [5, 5.41) is 0. The maximum absolute atomic E-state index is 13.0. The molecular formula is C17H20N4O. The SMILES string of the molecule is C[C@@H]1CC[C@@H](N)CN1C(=O)c1ccccc1-c1ncccn1. The fourth-order valence-corrected chi connectivity index (χ4v) is 2.88. The van der Waals surface area contributed by atoms with E-state index in [-0.39, 0.29) is 18.0 Å². The Balaban J connectivity index is 1.96. The minimum atomic E-state index is 0.00528. The van der Waals surface area contributed by atoms with Gasteiger partial charge in [0.05, 0.1) is 5.56 Å². The second kappa shape index (κ2) is 6.23. The molecule has 1 aliphatic rings. The van der Waals surface area contributed by atoms with E-state index in [1.165, 1.54) is 0 Å². The van der Waals surface area contributed by atoms with Crippen molar-refractivity contribution in [3.8, 4) is 11.4 Å². The molecule has 0 unspecified atom stereocenters. The quantitative estimate of drug-likeness (QED) is 0.921. The number of hydrogen-bond donors (Lipinski definition) is 1. The van der Waals surface area contributed by atoms with E-state index in [0.29, 0.717) is 17.9 Å². The molecule has 1 saturated heterocycles. The monoisotopic (exact) mass is 296 g/mol. The van der Waals surface area contributed by atoms with Crippen molar-refractivity contribution in [3.05, 3.63) is 48.3 Å². The molecule has 1 amide bonds. The zero-order valence-corrected chi connectivity index (χ0v) is 12.6. The van der Waals surface area contributed by atoms with Crippen molar-refractivity contribution < 1.29 is 4.79 Å². The van der Waals surface area contributed by atoms with Crippen molar-refractivity contribution in [2.24, 2.45) is 5.73 Å². The number of nitrogens with zero attached hydrogens (tertiary/aromatic N) is 3. The summed E-state index contributed by atoms with van der Waals surface area (Å²) in [5.74, 6) is 0.575. The summed E-state index contributed by atoms with van der Waals surface area (Å²) < 4.78 is 0. The highest BCUT2D eigenvalue weighted by Gasteiger charge is 2.29. The third kappa shape index (κ3) is 2.85. The first-order valence-electron chi connectivity index (χ1n) is 7.60. The van der Waals surface area contributed by atoms with Crippen molar-refractivity contribution >= 4 is 5.91 Å². The number of hydrogen-bond acceptors (Lipinski definition) is 4. The number of amides is 1. The van der Waals surface area contributed by atoms with Gasteiger partial charge in [0, 0.05) is 36.6 Å². The van der Waals surface area contributed by atoms with Crippen LogP contribution in [-0.4, -0.2) is 39.4 Å².